The molecular formula is C15H13Cl3N2O3S. The highest BCUT2D eigenvalue weighted by Crippen LogP contribution is 2.25. The molecule has 2 aromatic carbocycles. The first-order chi connectivity index (χ1) is 11.2. The first-order valence-electron chi connectivity index (χ1n) is 6.73. The third-order valence-corrected chi connectivity index (χ3v) is 5.39. The van der Waals surface area contributed by atoms with E-state index in [0.29, 0.717) is 15.7 Å². The first-order valence-corrected chi connectivity index (χ1v) is 9.34. The van der Waals surface area contributed by atoms with Gasteiger partial charge in [0.1, 0.15) is 0 Å². The van der Waals surface area contributed by atoms with E-state index >= 15 is 0 Å². The monoisotopic (exact) mass is 406 g/mol. The Morgan fingerprint density at radius 3 is 2.17 bits per heavy atom. The lowest BCUT2D eigenvalue weighted by Gasteiger charge is -2.15. The molecular weight excluding hydrogens is 395 g/mol. The average Bonchev–Trinajstić information content (AvgIpc) is 2.50. The van der Waals surface area contributed by atoms with E-state index in [-0.39, 0.29) is 9.92 Å². The molecule has 0 radical (unpaired) electrons. The molecule has 0 heterocycles. The summed E-state index contributed by atoms with van der Waals surface area (Å²) in [4.78, 5) is 12.2. The van der Waals surface area contributed by atoms with E-state index in [9.17, 15) is 13.2 Å². The van der Waals surface area contributed by atoms with Crippen molar-refractivity contribution in [2.24, 2.45) is 0 Å². The molecule has 5 nitrogen and oxygen atoms in total. The Bertz CT molecular complexity index is 855. The minimum Gasteiger partial charge on any atom is -0.323 e. The Kier molecular flexibility index (Phi) is 6.11. The SMILES string of the molecule is CC(NS(=O)(=O)c1ccc(Cl)cc1)C(=O)Nc1ccc(Cl)cc1Cl. The van der Waals surface area contributed by atoms with Gasteiger partial charge in [0.25, 0.3) is 0 Å². The standard InChI is InChI=1S/C15H13Cl3N2O3S/c1-9(15(21)19-14-7-4-11(17)8-13(14)18)20-24(22,23)12-5-2-10(16)3-6-12/h2-9,20H,1H3,(H,19,21). The molecule has 0 aromatic heterocycles. The number of benzene rings is 2. The van der Waals surface area contributed by atoms with Gasteiger partial charge in [-0.1, -0.05) is 34.8 Å². The van der Waals surface area contributed by atoms with Crippen LogP contribution in [0.25, 0.3) is 0 Å². The number of hydrogen-bond acceptors (Lipinski definition) is 3. The number of rotatable bonds is 5. The van der Waals surface area contributed by atoms with Gasteiger partial charge in [-0.05, 0) is 49.4 Å². The third-order valence-electron chi connectivity index (χ3n) is 3.04. The lowest BCUT2D eigenvalue weighted by atomic mass is 10.3. The zero-order valence-electron chi connectivity index (χ0n) is 12.4. The van der Waals surface area contributed by atoms with Gasteiger partial charge >= 0.3 is 0 Å². The van der Waals surface area contributed by atoms with Crippen LogP contribution >= 0.6 is 34.8 Å². The van der Waals surface area contributed by atoms with Gasteiger partial charge in [0, 0.05) is 10.0 Å². The highest BCUT2D eigenvalue weighted by Gasteiger charge is 2.22. The molecule has 1 atom stereocenters. The molecule has 0 saturated heterocycles. The molecule has 0 saturated carbocycles. The second-order valence-electron chi connectivity index (χ2n) is 4.91. The second kappa shape index (κ2) is 7.72. The van der Waals surface area contributed by atoms with Gasteiger partial charge < -0.3 is 5.32 Å². The number of carbonyl (C=O) groups excluding carboxylic acids is 1. The van der Waals surface area contributed by atoms with Crippen molar-refractivity contribution in [1.29, 1.82) is 0 Å². The largest absolute Gasteiger partial charge is 0.323 e. The lowest BCUT2D eigenvalue weighted by Crippen LogP contribution is -2.41. The minimum absolute atomic E-state index is 0.0103. The van der Waals surface area contributed by atoms with E-state index < -0.39 is 22.0 Å². The highest BCUT2D eigenvalue weighted by molar-refractivity contribution is 7.89. The molecule has 2 N–H and O–H groups in total. The van der Waals surface area contributed by atoms with E-state index in [2.05, 4.69) is 10.0 Å². The number of hydrogen-bond donors (Lipinski definition) is 2. The molecule has 9 heteroatoms. The molecule has 0 aliphatic carbocycles. The molecule has 0 fully saturated rings. The number of amides is 1. The van der Waals surface area contributed by atoms with Crippen molar-refractivity contribution in [3.8, 4) is 0 Å². The van der Waals surface area contributed by atoms with Crippen LogP contribution in [0.1, 0.15) is 6.92 Å². The molecule has 2 aromatic rings. The van der Waals surface area contributed by atoms with Gasteiger partial charge in [0.15, 0.2) is 0 Å². The Labute approximate surface area is 155 Å². The van der Waals surface area contributed by atoms with Gasteiger partial charge in [0.05, 0.1) is 21.6 Å². The summed E-state index contributed by atoms with van der Waals surface area (Å²) >= 11 is 17.5. The normalized spacial score (nSPS) is 12.7. The smallest absolute Gasteiger partial charge is 0.242 e. The van der Waals surface area contributed by atoms with Crippen LogP contribution in [0.15, 0.2) is 47.4 Å². The molecule has 0 bridgehead atoms. The molecule has 0 aliphatic rings. The van der Waals surface area contributed by atoms with Crippen molar-refractivity contribution in [1.82, 2.24) is 4.72 Å². The fourth-order valence-corrected chi connectivity index (χ4v) is 3.58. The van der Waals surface area contributed by atoms with Gasteiger partial charge in [-0.15, -0.1) is 0 Å². The molecule has 0 aliphatic heterocycles. The van der Waals surface area contributed by atoms with Gasteiger partial charge in [-0.25, -0.2) is 8.42 Å². The Morgan fingerprint density at radius 2 is 1.58 bits per heavy atom. The predicted molar refractivity (Wildman–Crippen MR) is 96.3 cm³/mol. The molecule has 2 rings (SSSR count). The van der Waals surface area contributed by atoms with Crippen LogP contribution in [0.5, 0.6) is 0 Å². The molecule has 24 heavy (non-hydrogen) atoms. The maximum absolute atomic E-state index is 12.2. The van der Waals surface area contributed by atoms with Crippen LogP contribution in [0.4, 0.5) is 5.69 Å². The number of carbonyl (C=O) groups is 1. The fraction of sp³-hybridized carbons (Fsp3) is 0.133. The molecule has 1 amide bonds. The maximum Gasteiger partial charge on any atom is 0.242 e. The minimum atomic E-state index is -3.85. The third kappa shape index (κ3) is 4.84. The number of halogens is 3. The van der Waals surface area contributed by atoms with E-state index in [4.69, 9.17) is 34.8 Å². The molecule has 0 spiro atoms. The Balaban J connectivity index is 2.09. The van der Waals surface area contributed by atoms with Crippen molar-refractivity contribution < 1.29 is 13.2 Å². The molecule has 128 valence electrons. The summed E-state index contributed by atoms with van der Waals surface area (Å²) in [5.74, 6) is -0.559. The molecule has 1 unspecified atom stereocenters. The first kappa shape index (κ1) is 19.0. The second-order valence-corrected chi connectivity index (χ2v) is 7.90. The highest BCUT2D eigenvalue weighted by atomic mass is 35.5. The zero-order valence-corrected chi connectivity index (χ0v) is 15.5. The van der Waals surface area contributed by atoms with Gasteiger partial charge in [-0.3, -0.25) is 4.79 Å². The Hall–Kier alpha value is -1.31. The predicted octanol–water partition coefficient (Wildman–Crippen LogP) is 3.95. The van der Waals surface area contributed by atoms with Crippen LogP contribution < -0.4 is 10.0 Å². The van der Waals surface area contributed by atoms with Crippen molar-refractivity contribution in [3.05, 3.63) is 57.5 Å². The zero-order chi connectivity index (χ0) is 17.9. The van der Waals surface area contributed by atoms with Crippen LogP contribution in [0.2, 0.25) is 15.1 Å². The lowest BCUT2D eigenvalue weighted by molar-refractivity contribution is -0.117. The van der Waals surface area contributed by atoms with Crippen molar-refractivity contribution in [2.75, 3.05) is 5.32 Å². The van der Waals surface area contributed by atoms with Gasteiger partial charge in [0.2, 0.25) is 15.9 Å². The van der Waals surface area contributed by atoms with E-state index in [0.717, 1.165) is 0 Å². The summed E-state index contributed by atoms with van der Waals surface area (Å²) < 4.78 is 26.8. The van der Waals surface area contributed by atoms with Crippen molar-refractivity contribution in [3.63, 3.8) is 0 Å². The Morgan fingerprint density at radius 1 is 1.00 bits per heavy atom. The summed E-state index contributed by atoms with van der Waals surface area (Å²) in [5.41, 5.74) is 0.337. The van der Waals surface area contributed by atoms with Crippen LogP contribution in [-0.4, -0.2) is 20.4 Å². The van der Waals surface area contributed by atoms with Crippen molar-refractivity contribution in [2.45, 2.75) is 17.9 Å². The number of anilines is 1. The van der Waals surface area contributed by atoms with E-state index in [1.165, 1.54) is 43.3 Å². The fourth-order valence-electron chi connectivity index (χ4n) is 1.80. The quantitative estimate of drug-likeness (QED) is 0.788. The van der Waals surface area contributed by atoms with E-state index in [1.54, 1.807) is 6.07 Å². The topological polar surface area (TPSA) is 75.3 Å². The number of nitrogens with one attached hydrogen (secondary N) is 2. The van der Waals surface area contributed by atoms with E-state index in [1.807, 2.05) is 0 Å². The summed E-state index contributed by atoms with van der Waals surface area (Å²) in [6.07, 6.45) is 0. The summed E-state index contributed by atoms with van der Waals surface area (Å²) in [7, 11) is -3.85. The van der Waals surface area contributed by atoms with Crippen LogP contribution in [-0.2, 0) is 14.8 Å². The van der Waals surface area contributed by atoms with Crippen LogP contribution in [0, 0.1) is 0 Å². The maximum atomic E-state index is 12.2. The van der Waals surface area contributed by atoms with Crippen molar-refractivity contribution >= 4 is 56.4 Å². The average molecular weight is 408 g/mol. The van der Waals surface area contributed by atoms with Gasteiger partial charge in [-0.2, -0.15) is 4.72 Å². The summed E-state index contributed by atoms with van der Waals surface area (Å²) in [5, 5.41) is 3.64. The summed E-state index contributed by atoms with van der Waals surface area (Å²) in [6.45, 7) is 1.42. The summed E-state index contributed by atoms with van der Waals surface area (Å²) in [6, 6.07) is 9.16. The number of sulfonamides is 1. The van der Waals surface area contributed by atoms with Crippen LogP contribution in [0.3, 0.4) is 0 Å².